The maximum absolute atomic E-state index is 13.9. The molecule has 1 N–H and O–H groups in total. The van der Waals surface area contributed by atoms with Gasteiger partial charge in [-0.15, -0.1) is 5.10 Å². The Kier molecular flexibility index (Phi) is 7.72. The van der Waals surface area contributed by atoms with E-state index < -0.39 is 6.04 Å². The normalized spacial score (nSPS) is 12.0. The van der Waals surface area contributed by atoms with Crippen LogP contribution in [0.15, 0.2) is 73.1 Å². The maximum atomic E-state index is 13.9. The Morgan fingerprint density at radius 1 is 1.06 bits per heavy atom. The predicted octanol–water partition coefficient (Wildman–Crippen LogP) is 4.42. The van der Waals surface area contributed by atoms with Gasteiger partial charge in [-0.1, -0.05) is 48.9 Å². The highest BCUT2D eigenvalue weighted by atomic mass is 35.5. The number of carbonyl (C=O) groups is 2. The smallest absolute Gasteiger partial charge is 0.249 e. The number of para-hydroxylation sites is 1. The van der Waals surface area contributed by atoms with Gasteiger partial charge in [0.25, 0.3) is 0 Å². The highest BCUT2D eigenvalue weighted by Crippen LogP contribution is 2.30. The van der Waals surface area contributed by atoms with Crippen LogP contribution in [0.1, 0.15) is 31.9 Å². The summed E-state index contributed by atoms with van der Waals surface area (Å²) in [5.41, 5.74) is 2.56. The Bertz CT molecular complexity index is 1310. The lowest BCUT2D eigenvalue weighted by molar-refractivity contribution is -0.127. The SMILES string of the molecule is CC(C)CCNC(=O)C(c1ccncc1)N(C(=O)Cn1nnc2ccccc21)c1cccc(Cl)c1. The van der Waals surface area contributed by atoms with Crippen LogP contribution in [0.2, 0.25) is 5.02 Å². The molecule has 0 fully saturated rings. The van der Waals surface area contributed by atoms with Crippen molar-refractivity contribution < 1.29 is 9.59 Å². The Hall–Kier alpha value is -3.78. The molecule has 0 radical (unpaired) electrons. The van der Waals surface area contributed by atoms with Crippen LogP contribution in [0, 0.1) is 5.92 Å². The quantitative estimate of drug-likeness (QED) is 0.375. The number of hydrogen-bond donors (Lipinski definition) is 1. The fraction of sp³-hybridized carbons (Fsp3) is 0.269. The van der Waals surface area contributed by atoms with Gasteiger partial charge in [0, 0.05) is 29.6 Å². The van der Waals surface area contributed by atoms with Gasteiger partial charge in [0.15, 0.2) is 0 Å². The standard InChI is InChI=1S/C26H27ClN6O2/c1-18(2)10-15-29-26(35)25(19-11-13-28-14-12-19)33(21-7-5-6-20(27)16-21)24(34)17-32-23-9-4-3-8-22(23)30-31-32/h3-9,11-14,16,18,25H,10,15,17H2,1-2H3,(H,29,35). The predicted molar refractivity (Wildman–Crippen MR) is 136 cm³/mol. The number of rotatable bonds is 9. The van der Waals surface area contributed by atoms with Crippen molar-refractivity contribution in [1.82, 2.24) is 25.3 Å². The van der Waals surface area contributed by atoms with Crippen molar-refractivity contribution in [2.24, 2.45) is 5.92 Å². The van der Waals surface area contributed by atoms with Crippen molar-refractivity contribution in [3.63, 3.8) is 0 Å². The van der Waals surface area contributed by atoms with Crippen molar-refractivity contribution in [1.29, 1.82) is 0 Å². The minimum Gasteiger partial charge on any atom is -0.354 e. The summed E-state index contributed by atoms with van der Waals surface area (Å²) in [7, 11) is 0. The van der Waals surface area contributed by atoms with E-state index >= 15 is 0 Å². The van der Waals surface area contributed by atoms with Crippen LogP contribution in [0.5, 0.6) is 0 Å². The van der Waals surface area contributed by atoms with Gasteiger partial charge in [-0.2, -0.15) is 0 Å². The first-order chi connectivity index (χ1) is 16.9. The van der Waals surface area contributed by atoms with Crippen molar-refractivity contribution in [3.8, 4) is 0 Å². The molecular weight excluding hydrogens is 464 g/mol. The van der Waals surface area contributed by atoms with E-state index in [1.165, 1.54) is 9.58 Å². The number of benzene rings is 2. The van der Waals surface area contributed by atoms with Crippen LogP contribution in [0.4, 0.5) is 5.69 Å². The maximum Gasteiger partial charge on any atom is 0.249 e. The summed E-state index contributed by atoms with van der Waals surface area (Å²) in [4.78, 5) is 33.0. The fourth-order valence-electron chi connectivity index (χ4n) is 3.85. The average molecular weight is 491 g/mol. The molecule has 1 atom stereocenters. The molecule has 2 heterocycles. The van der Waals surface area contributed by atoms with Crippen molar-refractivity contribution in [2.75, 3.05) is 11.4 Å². The second kappa shape index (κ2) is 11.1. The first kappa shape index (κ1) is 24.3. The molecule has 0 aliphatic heterocycles. The van der Waals surface area contributed by atoms with Crippen LogP contribution in [-0.2, 0) is 16.1 Å². The number of hydrogen-bond acceptors (Lipinski definition) is 5. The molecule has 0 saturated carbocycles. The molecule has 0 spiro atoms. The molecule has 0 bridgehead atoms. The van der Waals surface area contributed by atoms with Gasteiger partial charge >= 0.3 is 0 Å². The van der Waals surface area contributed by atoms with E-state index in [4.69, 9.17) is 11.6 Å². The van der Waals surface area contributed by atoms with Crippen molar-refractivity contribution in [3.05, 3.63) is 83.6 Å². The lowest BCUT2D eigenvalue weighted by Crippen LogP contribution is -2.45. The monoisotopic (exact) mass is 490 g/mol. The van der Waals surface area contributed by atoms with Gasteiger partial charge in [0.1, 0.15) is 18.1 Å². The van der Waals surface area contributed by atoms with E-state index in [0.29, 0.717) is 34.3 Å². The third-order valence-electron chi connectivity index (χ3n) is 5.61. The van der Waals surface area contributed by atoms with Crippen LogP contribution in [0.25, 0.3) is 11.0 Å². The largest absolute Gasteiger partial charge is 0.354 e. The van der Waals surface area contributed by atoms with Crippen LogP contribution < -0.4 is 10.2 Å². The molecule has 180 valence electrons. The molecule has 2 amide bonds. The summed E-state index contributed by atoms with van der Waals surface area (Å²) in [5, 5.41) is 11.8. The van der Waals surface area contributed by atoms with E-state index in [1.54, 1.807) is 48.8 Å². The molecule has 0 saturated heterocycles. The molecule has 0 aliphatic carbocycles. The summed E-state index contributed by atoms with van der Waals surface area (Å²) in [6.07, 6.45) is 4.04. The molecule has 4 aromatic rings. The minimum absolute atomic E-state index is 0.103. The van der Waals surface area contributed by atoms with Crippen LogP contribution in [0.3, 0.4) is 0 Å². The first-order valence-corrected chi connectivity index (χ1v) is 11.9. The van der Waals surface area contributed by atoms with Crippen LogP contribution >= 0.6 is 11.6 Å². The molecule has 1 unspecified atom stereocenters. The molecule has 35 heavy (non-hydrogen) atoms. The number of carbonyl (C=O) groups excluding carboxylic acids is 2. The lowest BCUT2D eigenvalue weighted by Gasteiger charge is -2.31. The Labute approximate surface area is 208 Å². The number of nitrogens with zero attached hydrogens (tertiary/aromatic N) is 5. The first-order valence-electron chi connectivity index (χ1n) is 11.5. The van der Waals surface area contributed by atoms with Crippen molar-refractivity contribution >= 4 is 40.1 Å². The Morgan fingerprint density at radius 3 is 2.57 bits per heavy atom. The van der Waals surface area contributed by atoms with Gasteiger partial charge in [-0.25, -0.2) is 4.68 Å². The molecular formula is C26H27ClN6O2. The van der Waals surface area contributed by atoms with Gasteiger partial charge < -0.3 is 5.32 Å². The third kappa shape index (κ3) is 5.84. The van der Waals surface area contributed by atoms with Gasteiger partial charge in [0.2, 0.25) is 11.8 Å². The molecule has 8 nitrogen and oxygen atoms in total. The topological polar surface area (TPSA) is 93.0 Å². The number of amides is 2. The van der Waals surface area contributed by atoms with Crippen molar-refractivity contribution in [2.45, 2.75) is 32.9 Å². The van der Waals surface area contributed by atoms with E-state index in [0.717, 1.165) is 11.9 Å². The number of pyridine rings is 1. The minimum atomic E-state index is -0.925. The number of nitrogens with one attached hydrogen (secondary N) is 1. The zero-order chi connectivity index (χ0) is 24.8. The van der Waals surface area contributed by atoms with E-state index in [1.807, 2.05) is 24.3 Å². The highest BCUT2D eigenvalue weighted by Gasteiger charge is 2.33. The van der Waals surface area contributed by atoms with Crippen LogP contribution in [-0.4, -0.2) is 38.3 Å². The summed E-state index contributed by atoms with van der Waals surface area (Å²) in [5.74, 6) is -0.182. The van der Waals surface area contributed by atoms with E-state index in [2.05, 4.69) is 34.5 Å². The highest BCUT2D eigenvalue weighted by molar-refractivity contribution is 6.31. The van der Waals surface area contributed by atoms with E-state index in [-0.39, 0.29) is 18.4 Å². The zero-order valence-corrected chi connectivity index (χ0v) is 20.4. The second-order valence-electron chi connectivity index (χ2n) is 8.64. The summed E-state index contributed by atoms with van der Waals surface area (Å²) >= 11 is 6.29. The average Bonchev–Trinajstić information content (AvgIpc) is 3.25. The van der Waals surface area contributed by atoms with Gasteiger partial charge in [0.05, 0.1) is 5.52 Å². The van der Waals surface area contributed by atoms with E-state index in [9.17, 15) is 9.59 Å². The van der Waals surface area contributed by atoms with Gasteiger partial charge in [-0.3, -0.25) is 19.5 Å². The molecule has 9 heteroatoms. The lowest BCUT2D eigenvalue weighted by atomic mass is 10.0. The molecule has 2 aromatic carbocycles. The third-order valence-corrected chi connectivity index (χ3v) is 5.84. The molecule has 4 rings (SSSR count). The second-order valence-corrected chi connectivity index (χ2v) is 9.07. The Balaban J connectivity index is 1.74. The fourth-order valence-corrected chi connectivity index (χ4v) is 4.03. The number of fused-ring (bicyclic) bond motifs is 1. The summed E-state index contributed by atoms with van der Waals surface area (Å²) in [6.45, 7) is 4.59. The number of anilines is 1. The number of aromatic nitrogens is 4. The summed E-state index contributed by atoms with van der Waals surface area (Å²) < 4.78 is 1.54. The summed E-state index contributed by atoms with van der Waals surface area (Å²) in [6, 6.07) is 16.9. The molecule has 2 aromatic heterocycles. The zero-order valence-electron chi connectivity index (χ0n) is 19.6. The Morgan fingerprint density at radius 2 is 1.83 bits per heavy atom. The van der Waals surface area contributed by atoms with Gasteiger partial charge in [-0.05, 0) is 60.4 Å². The number of halogens is 1. The molecule has 0 aliphatic rings.